The second-order valence-electron chi connectivity index (χ2n) is 8.57. The van der Waals surface area contributed by atoms with Gasteiger partial charge in [0.1, 0.15) is 17.7 Å². The standard InChI is InChI=1S/C21H25Cl3FN3O2/c1-20(2,3)18-12-17(27(4)26-18)13-9-14(25)11-16(10-13)30-15-5-7-28(8-6-15)19(29)21(22,23)24/h9-12,15H,5-8H2,1-4H3. The van der Waals surface area contributed by atoms with Crippen LogP contribution in [-0.4, -0.2) is 43.6 Å². The molecule has 0 unspecified atom stereocenters. The van der Waals surface area contributed by atoms with Crippen molar-refractivity contribution < 1.29 is 13.9 Å². The van der Waals surface area contributed by atoms with Gasteiger partial charge in [0.15, 0.2) is 0 Å². The van der Waals surface area contributed by atoms with E-state index in [2.05, 4.69) is 25.9 Å². The van der Waals surface area contributed by atoms with Crippen molar-refractivity contribution in [1.82, 2.24) is 14.7 Å². The van der Waals surface area contributed by atoms with E-state index in [4.69, 9.17) is 39.5 Å². The Bertz CT molecular complexity index is 927. The van der Waals surface area contributed by atoms with Gasteiger partial charge in [-0.15, -0.1) is 0 Å². The SMILES string of the molecule is Cn1nc(C(C)(C)C)cc1-c1cc(F)cc(OC2CCN(C(=O)C(Cl)(Cl)Cl)CC2)c1. The lowest BCUT2D eigenvalue weighted by Gasteiger charge is -2.33. The van der Waals surface area contributed by atoms with Crippen molar-refractivity contribution >= 4 is 40.7 Å². The van der Waals surface area contributed by atoms with Gasteiger partial charge in [-0.05, 0) is 18.2 Å². The number of hydrogen-bond acceptors (Lipinski definition) is 3. The molecular formula is C21H25Cl3FN3O2. The Morgan fingerprint density at radius 1 is 1.13 bits per heavy atom. The van der Waals surface area contributed by atoms with Crippen molar-refractivity contribution in [2.75, 3.05) is 13.1 Å². The minimum Gasteiger partial charge on any atom is -0.490 e. The van der Waals surface area contributed by atoms with Crippen LogP contribution in [0.5, 0.6) is 5.75 Å². The Hall–Kier alpha value is -1.50. The number of aromatic nitrogens is 2. The molecule has 0 radical (unpaired) electrons. The molecule has 1 amide bonds. The number of nitrogens with zero attached hydrogens (tertiary/aromatic N) is 3. The van der Waals surface area contributed by atoms with Gasteiger partial charge in [-0.2, -0.15) is 5.10 Å². The highest BCUT2D eigenvalue weighted by Crippen LogP contribution is 2.32. The second kappa shape index (κ2) is 8.56. The molecular weight excluding hydrogens is 452 g/mol. The Labute approximate surface area is 191 Å². The molecule has 0 atom stereocenters. The number of benzene rings is 1. The van der Waals surface area contributed by atoms with E-state index in [0.717, 1.165) is 11.4 Å². The zero-order valence-electron chi connectivity index (χ0n) is 17.4. The number of amides is 1. The van der Waals surface area contributed by atoms with Crippen LogP contribution in [0.15, 0.2) is 24.3 Å². The molecule has 1 aromatic heterocycles. The minimum absolute atomic E-state index is 0.110. The zero-order chi connectivity index (χ0) is 22.3. The van der Waals surface area contributed by atoms with Crippen molar-refractivity contribution in [2.24, 2.45) is 7.05 Å². The van der Waals surface area contributed by atoms with Crippen molar-refractivity contribution in [1.29, 1.82) is 0 Å². The molecule has 1 saturated heterocycles. The lowest BCUT2D eigenvalue weighted by Crippen LogP contribution is -2.46. The monoisotopic (exact) mass is 475 g/mol. The van der Waals surface area contributed by atoms with Crippen LogP contribution in [0.25, 0.3) is 11.3 Å². The van der Waals surface area contributed by atoms with Gasteiger partial charge < -0.3 is 9.64 Å². The van der Waals surface area contributed by atoms with Gasteiger partial charge in [0.2, 0.25) is 0 Å². The number of piperidine rings is 1. The summed E-state index contributed by atoms with van der Waals surface area (Å²) in [5.74, 6) is -0.482. The number of hydrogen-bond donors (Lipinski definition) is 0. The summed E-state index contributed by atoms with van der Waals surface area (Å²) in [4.78, 5) is 13.6. The third kappa shape index (κ3) is 5.40. The number of likely N-dealkylation sites (tertiary alicyclic amines) is 1. The second-order valence-corrected chi connectivity index (χ2v) is 10.9. The van der Waals surface area contributed by atoms with E-state index in [1.165, 1.54) is 17.0 Å². The van der Waals surface area contributed by atoms with Gasteiger partial charge in [0, 0.05) is 50.0 Å². The average Bonchev–Trinajstić information content (AvgIpc) is 3.03. The summed E-state index contributed by atoms with van der Waals surface area (Å²) < 4.78 is 20.1. The fourth-order valence-electron chi connectivity index (χ4n) is 3.43. The number of rotatable bonds is 3. The maximum absolute atomic E-state index is 14.3. The van der Waals surface area contributed by atoms with E-state index >= 15 is 0 Å². The predicted octanol–water partition coefficient (Wildman–Crippen LogP) is 5.26. The van der Waals surface area contributed by atoms with Crippen LogP contribution in [0.4, 0.5) is 4.39 Å². The van der Waals surface area contributed by atoms with Gasteiger partial charge in [-0.25, -0.2) is 4.39 Å². The normalized spacial score (nSPS) is 16.1. The van der Waals surface area contributed by atoms with Crippen LogP contribution < -0.4 is 4.74 Å². The van der Waals surface area contributed by atoms with Gasteiger partial charge in [-0.3, -0.25) is 9.48 Å². The van der Waals surface area contributed by atoms with Crippen molar-refractivity contribution in [2.45, 2.75) is 48.9 Å². The number of alkyl halides is 3. The van der Waals surface area contributed by atoms with Crippen molar-refractivity contribution in [3.63, 3.8) is 0 Å². The molecule has 164 valence electrons. The number of halogens is 4. The highest BCUT2D eigenvalue weighted by atomic mass is 35.6. The average molecular weight is 477 g/mol. The molecule has 0 bridgehead atoms. The van der Waals surface area contributed by atoms with Crippen LogP contribution >= 0.6 is 34.8 Å². The molecule has 0 saturated carbocycles. The summed E-state index contributed by atoms with van der Waals surface area (Å²) >= 11 is 17.0. The summed E-state index contributed by atoms with van der Waals surface area (Å²) in [6.07, 6.45) is 0.979. The summed E-state index contributed by atoms with van der Waals surface area (Å²) in [6, 6.07) is 6.62. The first-order valence-corrected chi connectivity index (χ1v) is 10.9. The zero-order valence-corrected chi connectivity index (χ0v) is 19.7. The largest absolute Gasteiger partial charge is 0.490 e. The van der Waals surface area contributed by atoms with E-state index in [1.54, 1.807) is 4.68 Å². The summed E-state index contributed by atoms with van der Waals surface area (Å²) in [6.45, 7) is 7.07. The molecule has 30 heavy (non-hydrogen) atoms. The number of carbonyl (C=O) groups excluding carboxylic acids is 1. The number of aryl methyl sites for hydroxylation is 1. The van der Waals surface area contributed by atoms with Gasteiger partial charge in [-0.1, -0.05) is 55.6 Å². The minimum atomic E-state index is -1.96. The molecule has 1 aliphatic heterocycles. The van der Waals surface area contributed by atoms with Gasteiger partial charge in [0.25, 0.3) is 9.70 Å². The molecule has 0 aliphatic carbocycles. The van der Waals surface area contributed by atoms with Crippen LogP contribution in [-0.2, 0) is 17.3 Å². The van der Waals surface area contributed by atoms with Crippen LogP contribution in [0.2, 0.25) is 0 Å². The first-order valence-electron chi connectivity index (χ1n) is 9.73. The molecule has 1 aromatic carbocycles. The predicted molar refractivity (Wildman–Crippen MR) is 118 cm³/mol. The van der Waals surface area contributed by atoms with Crippen molar-refractivity contribution in [3.8, 4) is 17.0 Å². The lowest BCUT2D eigenvalue weighted by atomic mass is 9.92. The van der Waals surface area contributed by atoms with E-state index in [9.17, 15) is 9.18 Å². The molecule has 2 heterocycles. The topological polar surface area (TPSA) is 47.4 Å². The summed E-state index contributed by atoms with van der Waals surface area (Å²) in [5, 5.41) is 4.56. The fraction of sp³-hybridized carbons (Fsp3) is 0.524. The highest BCUT2D eigenvalue weighted by molar-refractivity contribution is 6.76. The molecule has 0 spiro atoms. The van der Waals surface area contributed by atoms with Crippen molar-refractivity contribution in [3.05, 3.63) is 35.8 Å². The van der Waals surface area contributed by atoms with Gasteiger partial charge >= 0.3 is 0 Å². The Balaban J connectivity index is 1.73. The van der Waals surface area contributed by atoms with E-state index in [-0.39, 0.29) is 17.3 Å². The molecule has 2 aromatic rings. The van der Waals surface area contributed by atoms with Crippen LogP contribution in [0, 0.1) is 5.82 Å². The maximum Gasteiger partial charge on any atom is 0.274 e. The molecule has 1 aliphatic rings. The maximum atomic E-state index is 14.3. The van der Waals surface area contributed by atoms with Crippen LogP contribution in [0.3, 0.4) is 0 Å². The summed E-state index contributed by atoms with van der Waals surface area (Å²) in [7, 11) is 1.84. The molecule has 5 nitrogen and oxygen atoms in total. The number of carbonyl (C=O) groups is 1. The first-order chi connectivity index (χ1) is 13.8. The Morgan fingerprint density at radius 3 is 2.30 bits per heavy atom. The third-order valence-corrected chi connectivity index (χ3v) is 5.57. The molecule has 0 N–H and O–H groups in total. The van der Waals surface area contributed by atoms with E-state index in [1.807, 2.05) is 19.2 Å². The first kappa shape index (κ1) is 23.2. The molecule has 9 heteroatoms. The summed E-state index contributed by atoms with van der Waals surface area (Å²) in [5.41, 5.74) is 2.32. The van der Waals surface area contributed by atoms with Crippen LogP contribution in [0.1, 0.15) is 39.3 Å². The van der Waals surface area contributed by atoms with E-state index in [0.29, 0.717) is 37.2 Å². The fourth-order valence-corrected chi connectivity index (χ4v) is 3.79. The molecule has 3 rings (SSSR count). The quantitative estimate of drug-likeness (QED) is 0.568. The van der Waals surface area contributed by atoms with Gasteiger partial charge in [0.05, 0.1) is 11.4 Å². The Morgan fingerprint density at radius 2 is 1.77 bits per heavy atom. The molecule has 1 fully saturated rings. The highest BCUT2D eigenvalue weighted by Gasteiger charge is 2.37. The third-order valence-electron chi connectivity index (χ3n) is 5.09. The smallest absolute Gasteiger partial charge is 0.274 e. The van der Waals surface area contributed by atoms with E-state index < -0.39 is 9.70 Å². The Kier molecular flexibility index (Phi) is 6.61. The number of ether oxygens (including phenoxy) is 1. The lowest BCUT2D eigenvalue weighted by molar-refractivity contribution is -0.132.